The third-order valence-electron chi connectivity index (χ3n) is 4.01. The lowest BCUT2D eigenvalue weighted by atomic mass is 10.1. The molecule has 0 spiro atoms. The van der Waals surface area contributed by atoms with Crippen molar-refractivity contribution in [3.05, 3.63) is 57.3 Å². The molecular weight excluding hydrogens is 339 g/mol. The van der Waals surface area contributed by atoms with Crippen molar-refractivity contribution in [3.63, 3.8) is 0 Å². The van der Waals surface area contributed by atoms with Crippen molar-refractivity contribution in [1.29, 1.82) is 0 Å². The monoisotopic (exact) mass is 355 g/mol. The molecule has 0 radical (unpaired) electrons. The number of alkyl halides is 3. The van der Waals surface area contributed by atoms with Gasteiger partial charge < -0.3 is 4.98 Å². The predicted molar refractivity (Wildman–Crippen MR) is 85.9 cm³/mol. The number of nitrogens with zero attached hydrogens (tertiary/aromatic N) is 2. The molecule has 128 valence electrons. The molecule has 0 fully saturated rings. The van der Waals surface area contributed by atoms with Gasteiger partial charge in [0.25, 0.3) is 5.56 Å². The largest absolute Gasteiger partial charge is 0.449 e. The van der Waals surface area contributed by atoms with E-state index in [-0.39, 0.29) is 12.2 Å². The summed E-state index contributed by atoms with van der Waals surface area (Å²) in [6.07, 6.45) is -2.26. The zero-order valence-corrected chi connectivity index (χ0v) is 13.8. The summed E-state index contributed by atoms with van der Waals surface area (Å²) in [5.41, 5.74) is 1.02. The highest BCUT2D eigenvalue weighted by molar-refractivity contribution is 7.98. The summed E-state index contributed by atoms with van der Waals surface area (Å²) in [6, 6.07) is 7.92. The first-order chi connectivity index (χ1) is 11.4. The van der Waals surface area contributed by atoms with Crippen molar-refractivity contribution in [3.8, 4) is 0 Å². The molecule has 24 heavy (non-hydrogen) atoms. The van der Waals surface area contributed by atoms with Gasteiger partial charge in [-0.3, -0.25) is 9.69 Å². The van der Waals surface area contributed by atoms with E-state index in [2.05, 4.69) is 4.98 Å². The second kappa shape index (κ2) is 6.60. The first kappa shape index (κ1) is 17.0. The van der Waals surface area contributed by atoms with Crippen LogP contribution in [0.15, 0.2) is 34.0 Å². The molecule has 0 atom stereocenters. The fourth-order valence-corrected chi connectivity index (χ4v) is 3.45. The summed E-state index contributed by atoms with van der Waals surface area (Å²) in [5, 5.41) is 0. The number of aromatic nitrogens is 2. The van der Waals surface area contributed by atoms with Crippen LogP contribution in [-0.4, -0.2) is 27.7 Å². The van der Waals surface area contributed by atoms with Crippen LogP contribution in [0.5, 0.6) is 0 Å². The summed E-state index contributed by atoms with van der Waals surface area (Å²) in [5.74, 6) is -1.22. The Labute approximate surface area is 141 Å². The fraction of sp³-hybridized carbons (Fsp3) is 0.375. The molecule has 1 aromatic heterocycles. The van der Waals surface area contributed by atoms with Gasteiger partial charge in [-0.2, -0.15) is 13.2 Å². The molecule has 0 bridgehead atoms. The van der Waals surface area contributed by atoms with Gasteiger partial charge in [-0.25, -0.2) is 4.98 Å². The van der Waals surface area contributed by atoms with Gasteiger partial charge >= 0.3 is 6.18 Å². The first-order valence-corrected chi connectivity index (χ1v) is 8.64. The summed E-state index contributed by atoms with van der Waals surface area (Å²) in [7, 11) is 0. The van der Waals surface area contributed by atoms with Crippen LogP contribution in [0.4, 0.5) is 13.2 Å². The lowest BCUT2D eigenvalue weighted by Gasteiger charge is -2.28. The van der Waals surface area contributed by atoms with Crippen LogP contribution in [0, 0.1) is 0 Å². The van der Waals surface area contributed by atoms with Crippen LogP contribution in [0.3, 0.4) is 0 Å². The Morgan fingerprint density at radius 2 is 2.08 bits per heavy atom. The number of hydrogen-bond donors (Lipinski definition) is 1. The number of rotatable bonds is 3. The number of hydrogen-bond acceptors (Lipinski definition) is 4. The van der Waals surface area contributed by atoms with Crippen molar-refractivity contribution in [1.82, 2.24) is 14.9 Å². The Morgan fingerprint density at radius 3 is 2.79 bits per heavy atom. The molecule has 1 N–H and O–H groups in total. The molecular formula is C16H16F3N3OS. The number of nitrogens with one attached hydrogen (secondary N) is 1. The molecule has 1 aliphatic heterocycles. The van der Waals surface area contributed by atoms with E-state index in [1.54, 1.807) is 11.8 Å². The highest BCUT2D eigenvalue weighted by Crippen LogP contribution is 2.27. The highest BCUT2D eigenvalue weighted by atomic mass is 32.2. The smallest absolute Gasteiger partial charge is 0.303 e. The second-order valence-corrected chi connectivity index (χ2v) is 6.46. The van der Waals surface area contributed by atoms with Crippen molar-refractivity contribution >= 4 is 11.8 Å². The molecule has 0 aliphatic carbocycles. The third kappa shape index (κ3) is 3.49. The summed E-state index contributed by atoms with van der Waals surface area (Å²) >= 11 is 1.63. The molecule has 1 aliphatic rings. The normalized spacial score (nSPS) is 15.3. The Balaban J connectivity index is 1.86. The maximum absolute atomic E-state index is 12.8. The van der Waals surface area contributed by atoms with Gasteiger partial charge in [0.1, 0.15) is 0 Å². The summed E-state index contributed by atoms with van der Waals surface area (Å²) in [6.45, 7) is 1.48. The van der Waals surface area contributed by atoms with Gasteiger partial charge in [-0.15, -0.1) is 11.8 Å². The van der Waals surface area contributed by atoms with E-state index in [4.69, 9.17) is 0 Å². The summed E-state index contributed by atoms with van der Waals surface area (Å²) in [4.78, 5) is 20.5. The van der Waals surface area contributed by atoms with Gasteiger partial charge in [0.05, 0.1) is 5.69 Å². The van der Waals surface area contributed by atoms with Gasteiger partial charge in [-0.1, -0.05) is 18.2 Å². The quantitative estimate of drug-likeness (QED) is 0.860. The minimum atomic E-state index is -4.65. The van der Waals surface area contributed by atoms with E-state index in [9.17, 15) is 18.0 Å². The van der Waals surface area contributed by atoms with E-state index < -0.39 is 17.6 Å². The topological polar surface area (TPSA) is 49.0 Å². The van der Waals surface area contributed by atoms with E-state index in [0.29, 0.717) is 25.1 Å². The Morgan fingerprint density at radius 1 is 1.33 bits per heavy atom. The van der Waals surface area contributed by atoms with Crippen LogP contribution in [0.25, 0.3) is 0 Å². The van der Waals surface area contributed by atoms with Crippen molar-refractivity contribution in [2.45, 2.75) is 30.6 Å². The first-order valence-electron chi connectivity index (χ1n) is 7.42. The molecule has 4 nitrogen and oxygen atoms in total. The Kier molecular flexibility index (Phi) is 4.69. The average Bonchev–Trinajstić information content (AvgIpc) is 2.54. The van der Waals surface area contributed by atoms with Crippen LogP contribution in [-0.2, 0) is 25.7 Å². The molecule has 2 aromatic rings. The molecule has 0 unspecified atom stereocenters. The lowest BCUT2D eigenvalue weighted by molar-refractivity contribution is -0.145. The summed E-state index contributed by atoms with van der Waals surface area (Å²) < 4.78 is 38.5. The van der Waals surface area contributed by atoms with E-state index >= 15 is 0 Å². The number of halogens is 3. The maximum Gasteiger partial charge on any atom is 0.449 e. The van der Waals surface area contributed by atoms with Crippen LogP contribution < -0.4 is 5.56 Å². The third-order valence-corrected chi connectivity index (χ3v) is 4.85. The Bertz CT molecular complexity index is 804. The van der Waals surface area contributed by atoms with Crippen LogP contribution >= 0.6 is 11.8 Å². The number of fused-ring (bicyclic) bond motifs is 1. The van der Waals surface area contributed by atoms with Gasteiger partial charge in [0, 0.05) is 30.1 Å². The predicted octanol–water partition coefficient (Wildman–Crippen LogP) is 3.07. The van der Waals surface area contributed by atoms with Crippen molar-refractivity contribution < 1.29 is 13.2 Å². The van der Waals surface area contributed by atoms with Crippen LogP contribution in [0.1, 0.15) is 22.6 Å². The molecule has 2 heterocycles. The molecule has 3 rings (SSSR count). The lowest BCUT2D eigenvalue weighted by Crippen LogP contribution is -2.36. The second-order valence-electron chi connectivity index (χ2n) is 5.61. The molecule has 0 amide bonds. The zero-order chi connectivity index (χ0) is 17.3. The Hall–Kier alpha value is -1.80. The van der Waals surface area contributed by atoms with Gasteiger partial charge in [0.2, 0.25) is 5.82 Å². The zero-order valence-electron chi connectivity index (χ0n) is 13.0. The maximum atomic E-state index is 12.8. The van der Waals surface area contributed by atoms with Crippen LogP contribution in [0.2, 0.25) is 0 Å². The number of thioether (sulfide) groups is 1. The molecule has 0 saturated heterocycles. The average molecular weight is 355 g/mol. The number of aromatic amines is 1. The van der Waals surface area contributed by atoms with Gasteiger partial charge in [-0.05, 0) is 24.3 Å². The van der Waals surface area contributed by atoms with E-state index in [1.807, 2.05) is 40.4 Å². The molecule has 0 saturated carbocycles. The molecule has 8 heteroatoms. The fourth-order valence-electron chi connectivity index (χ4n) is 2.84. The number of H-pyrrole nitrogens is 1. The van der Waals surface area contributed by atoms with Crippen molar-refractivity contribution in [2.24, 2.45) is 0 Å². The SMILES string of the molecule is CSc1ccccc1CN1CCc2c(nc(C(F)(F)F)[nH]c2=O)C1. The van der Waals surface area contributed by atoms with E-state index in [0.717, 1.165) is 10.5 Å². The van der Waals surface area contributed by atoms with Gasteiger partial charge in [0.15, 0.2) is 0 Å². The minimum Gasteiger partial charge on any atom is -0.303 e. The highest BCUT2D eigenvalue weighted by Gasteiger charge is 2.36. The number of benzene rings is 1. The standard InChI is InChI=1S/C16H16F3N3OS/c1-24-13-5-3-2-4-10(13)8-22-7-6-11-12(9-22)20-15(16(17,18)19)21-14(11)23/h2-5H,6-9H2,1H3,(H,20,21,23). The molecule has 1 aromatic carbocycles. The van der Waals surface area contributed by atoms with E-state index in [1.165, 1.54) is 0 Å². The van der Waals surface area contributed by atoms with Crippen molar-refractivity contribution in [2.75, 3.05) is 12.8 Å². The minimum absolute atomic E-state index is 0.221.